The number of hydrogen-bond acceptors (Lipinski definition) is 3. The van der Waals surface area contributed by atoms with E-state index in [1.54, 1.807) is 13.2 Å². The highest BCUT2D eigenvalue weighted by Crippen LogP contribution is 2.14. The summed E-state index contributed by atoms with van der Waals surface area (Å²) in [5.74, 6) is 0.750. The van der Waals surface area contributed by atoms with Gasteiger partial charge in [-0.1, -0.05) is 13.8 Å². The normalized spacial score (nSPS) is 15.6. The Hall–Kier alpha value is -1.80. The van der Waals surface area contributed by atoms with Gasteiger partial charge in [0.05, 0.1) is 12.3 Å². The van der Waals surface area contributed by atoms with Crippen LogP contribution in [-0.2, 0) is 4.79 Å². The van der Waals surface area contributed by atoms with Gasteiger partial charge in [0.2, 0.25) is 0 Å². The molecule has 1 aromatic heterocycles. The lowest BCUT2D eigenvalue weighted by Gasteiger charge is -2.27. The standard InChI is InChI=1S/C14H21N3O2/c1-10(2)14(4,9-15)17-13(18)8-16-11(3)12-6-5-7-19-12/h5-7,10-11,16H,8H2,1-4H3,(H,17,18)/p+1/t11-,14+/m0/s1. The van der Waals surface area contributed by atoms with E-state index in [1.165, 1.54) is 0 Å². The first-order valence-electron chi connectivity index (χ1n) is 6.48. The van der Waals surface area contributed by atoms with Crippen molar-refractivity contribution in [2.24, 2.45) is 5.92 Å². The molecule has 1 amide bonds. The maximum atomic E-state index is 11.9. The third kappa shape index (κ3) is 4.11. The molecule has 0 aromatic carbocycles. The van der Waals surface area contributed by atoms with Crippen LogP contribution in [0.25, 0.3) is 0 Å². The Morgan fingerprint density at radius 1 is 1.58 bits per heavy atom. The molecule has 0 fully saturated rings. The molecule has 1 rings (SSSR count). The van der Waals surface area contributed by atoms with Crippen LogP contribution in [0.4, 0.5) is 0 Å². The molecule has 0 radical (unpaired) electrons. The van der Waals surface area contributed by atoms with Gasteiger partial charge in [0, 0.05) is 0 Å². The fourth-order valence-electron chi connectivity index (χ4n) is 1.59. The summed E-state index contributed by atoms with van der Waals surface area (Å²) in [5, 5.41) is 13.8. The van der Waals surface area contributed by atoms with Crippen molar-refractivity contribution in [2.75, 3.05) is 6.54 Å². The largest absolute Gasteiger partial charge is 0.463 e. The van der Waals surface area contributed by atoms with Crippen molar-refractivity contribution < 1.29 is 14.5 Å². The zero-order chi connectivity index (χ0) is 14.5. The van der Waals surface area contributed by atoms with Crippen LogP contribution in [0.2, 0.25) is 0 Å². The average Bonchev–Trinajstić information content (AvgIpc) is 2.89. The number of carbonyl (C=O) groups is 1. The molecule has 0 aliphatic rings. The number of nitriles is 1. The van der Waals surface area contributed by atoms with Crippen molar-refractivity contribution in [3.8, 4) is 6.07 Å². The Labute approximate surface area is 114 Å². The van der Waals surface area contributed by atoms with Gasteiger partial charge >= 0.3 is 0 Å². The topological polar surface area (TPSA) is 82.6 Å². The van der Waals surface area contributed by atoms with Gasteiger partial charge in [-0.2, -0.15) is 5.26 Å². The summed E-state index contributed by atoms with van der Waals surface area (Å²) in [6.07, 6.45) is 1.62. The van der Waals surface area contributed by atoms with Gasteiger partial charge in [0.1, 0.15) is 11.6 Å². The molecule has 0 saturated carbocycles. The molecule has 5 heteroatoms. The predicted molar refractivity (Wildman–Crippen MR) is 70.9 cm³/mol. The smallest absolute Gasteiger partial charge is 0.276 e. The van der Waals surface area contributed by atoms with Gasteiger partial charge in [-0.15, -0.1) is 0 Å². The quantitative estimate of drug-likeness (QED) is 0.802. The molecule has 1 aromatic rings. The van der Waals surface area contributed by atoms with Crippen LogP contribution in [0.5, 0.6) is 0 Å². The van der Waals surface area contributed by atoms with E-state index in [2.05, 4.69) is 11.4 Å². The maximum absolute atomic E-state index is 11.9. The summed E-state index contributed by atoms with van der Waals surface area (Å²) < 4.78 is 5.27. The fraction of sp³-hybridized carbons (Fsp3) is 0.571. The third-order valence-electron chi connectivity index (χ3n) is 3.43. The molecule has 0 aliphatic carbocycles. The van der Waals surface area contributed by atoms with Crippen molar-refractivity contribution in [3.05, 3.63) is 24.2 Å². The van der Waals surface area contributed by atoms with E-state index in [9.17, 15) is 4.79 Å². The molecule has 0 bridgehead atoms. The number of amides is 1. The van der Waals surface area contributed by atoms with Crippen LogP contribution >= 0.6 is 0 Å². The first kappa shape index (κ1) is 15.3. The van der Waals surface area contributed by atoms with E-state index in [1.807, 2.05) is 38.2 Å². The van der Waals surface area contributed by atoms with Crippen LogP contribution in [0.1, 0.15) is 39.5 Å². The molecule has 0 unspecified atom stereocenters. The Morgan fingerprint density at radius 3 is 2.74 bits per heavy atom. The lowest BCUT2D eigenvalue weighted by Crippen LogP contribution is -2.87. The lowest BCUT2D eigenvalue weighted by atomic mass is 9.90. The minimum atomic E-state index is -0.821. The molecule has 5 nitrogen and oxygen atoms in total. The van der Waals surface area contributed by atoms with E-state index in [4.69, 9.17) is 9.68 Å². The molecule has 104 valence electrons. The summed E-state index contributed by atoms with van der Waals surface area (Å²) in [4.78, 5) is 11.9. The Morgan fingerprint density at radius 2 is 2.26 bits per heavy atom. The number of hydrogen-bond donors (Lipinski definition) is 2. The summed E-state index contributed by atoms with van der Waals surface area (Å²) in [6.45, 7) is 7.81. The Kier molecular flexibility index (Phi) is 5.13. The SMILES string of the molecule is CC(C)[C@@](C)(C#N)NC(=O)C[NH2+][C@@H](C)c1ccco1. The monoisotopic (exact) mass is 264 g/mol. The fourth-order valence-corrected chi connectivity index (χ4v) is 1.59. The highest BCUT2D eigenvalue weighted by molar-refractivity contribution is 5.78. The van der Waals surface area contributed by atoms with Gasteiger partial charge in [0.25, 0.3) is 5.91 Å². The molecular weight excluding hydrogens is 242 g/mol. The first-order chi connectivity index (χ1) is 8.89. The number of furan rings is 1. The Bertz CT molecular complexity index is 448. The number of nitrogens with one attached hydrogen (secondary N) is 1. The molecule has 3 N–H and O–H groups in total. The second kappa shape index (κ2) is 6.39. The second-order valence-corrected chi connectivity index (χ2v) is 5.26. The summed E-state index contributed by atoms with van der Waals surface area (Å²) in [5.41, 5.74) is -0.821. The highest BCUT2D eigenvalue weighted by atomic mass is 16.3. The highest BCUT2D eigenvalue weighted by Gasteiger charge is 2.30. The van der Waals surface area contributed by atoms with E-state index >= 15 is 0 Å². The number of nitrogens with two attached hydrogens (primary N) is 1. The molecule has 0 saturated heterocycles. The van der Waals surface area contributed by atoms with Gasteiger partial charge in [-0.05, 0) is 31.9 Å². The van der Waals surface area contributed by atoms with Crippen molar-refractivity contribution >= 4 is 5.91 Å². The first-order valence-corrected chi connectivity index (χ1v) is 6.48. The number of rotatable bonds is 6. The van der Waals surface area contributed by atoms with Gasteiger partial charge in [0.15, 0.2) is 12.3 Å². The van der Waals surface area contributed by atoms with Crippen LogP contribution < -0.4 is 10.6 Å². The Balaban J connectivity index is 2.46. The second-order valence-electron chi connectivity index (χ2n) is 5.26. The zero-order valence-electron chi connectivity index (χ0n) is 11.9. The van der Waals surface area contributed by atoms with Gasteiger partial charge in [-0.3, -0.25) is 4.79 Å². The zero-order valence-corrected chi connectivity index (χ0v) is 11.9. The summed E-state index contributed by atoms with van der Waals surface area (Å²) in [6, 6.07) is 5.94. The molecule has 0 spiro atoms. The summed E-state index contributed by atoms with van der Waals surface area (Å²) in [7, 11) is 0. The number of quaternary nitrogens is 1. The van der Waals surface area contributed by atoms with Crippen molar-refractivity contribution in [1.29, 1.82) is 5.26 Å². The van der Waals surface area contributed by atoms with Crippen LogP contribution in [-0.4, -0.2) is 18.0 Å². The van der Waals surface area contributed by atoms with Crippen molar-refractivity contribution in [1.82, 2.24) is 5.32 Å². The minimum Gasteiger partial charge on any atom is -0.463 e. The lowest BCUT2D eigenvalue weighted by molar-refractivity contribution is -0.684. The molecule has 19 heavy (non-hydrogen) atoms. The molecule has 0 aliphatic heterocycles. The van der Waals surface area contributed by atoms with Crippen LogP contribution in [0.15, 0.2) is 22.8 Å². The van der Waals surface area contributed by atoms with E-state index in [-0.39, 0.29) is 24.4 Å². The minimum absolute atomic E-state index is 0.0592. The summed E-state index contributed by atoms with van der Waals surface area (Å²) >= 11 is 0. The number of nitrogens with zero attached hydrogens (tertiary/aromatic N) is 1. The van der Waals surface area contributed by atoms with E-state index < -0.39 is 5.54 Å². The van der Waals surface area contributed by atoms with Crippen LogP contribution in [0.3, 0.4) is 0 Å². The number of carbonyl (C=O) groups excluding carboxylic acids is 1. The van der Waals surface area contributed by atoms with E-state index in [0.717, 1.165) is 5.76 Å². The maximum Gasteiger partial charge on any atom is 0.276 e. The average molecular weight is 264 g/mol. The predicted octanol–water partition coefficient (Wildman–Crippen LogP) is 0.958. The molecule has 2 atom stereocenters. The third-order valence-corrected chi connectivity index (χ3v) is 3.43. The molecular formula is C14H22N3O2+. The van der Waals surface area contributed by atoms with Crippen molar-refractivity contribution in [3.63, 3.8) is 0 Å². The molecule has 1 heterocycles. The van der Waals surface area contributed by atoms with Crippen molar-refractivity contribution in [2.45, 2.75) is 39.3 Å². The van der Waals surface area contributed by atoms with Gasteiger partial charge in [-0.25, -0.2) is 0 Å². The van der Waals surface area contributed by atoms with E-state index in [0.29, 0.717) is 0 Å². The van der Waals surface area contributed by atoms with Crippen LogP contribution in [0, 0.1) is 17.2 Å². The van der Waals surface area contributed by atoms with Gasteiger partial charge < -0.3 is 15.1 Å².